The van der Waals surface area contributed by atoms with E-state index in [4.69, 9.17) is 14.2 Å². The van der Waals surface area contributed by atoms with Crippen LogP contribution in [-0.4, -0.2) is 37.2 Å². The average molecular weight is 1070 g/mol. The summed E-state index contributed by atoms with van der Waals surface area (Å²) in [5.74, 6) is -0.863. The summed E-state index contributed by atoms with van der Waals surface area (Å²) in [6, 6.07) is 0. The molecule has 0 aromatic carbocycles. The molecule has 0 aliphatic carbocycles. The van der Waals surface area contributed by atoms with Gasteiger partial charge in [-0.05, 0) is 57.8 Å². The molecule has 0 N–H and O–H groups in total. The molecule has 1 atom stereocenters. The van der Waals surface area contributed by atoms with E-state index in [9.17, 15) is 14.4 Å². The molecular formula is C70H128O6. The second kappa shape index (κ2) is 64.9. The van der Waals surface area contributed by atoms with E-state index in [0.29, 0.717) is 19.3 Å². The second-order valence-corrected chi connectivity index (χ2v) is 22.7. The summed E-state index contributed by atoms with van der Waals surface area (Å²) in [6.45, 7) is 6.58. The lowest BCUT2D eigenvalue weighted by Crippen LogP contribution is -2.30. The Hall–Kier alpha value is -2.63. The van der Waals surface area contributed by atoms with E-state index in [-0.39, 0.29) is 31.1 Å². The van der Waals surface area contributed by atoms with Crippen molar-refractivity contribution in [1.82, 2.24) is 0 Å². The summed E-state index contributed by atoms with van der Waals surface area (Å²) in [7, 11) is 0. The van der Waals surface area contributed by atoms with Crippen molar-refractivity contribution in [2.45, 2.75) is 367 Å². The van der Waals surface area contributed by atoms with Crippen molar-refractivity contribution in [3.63, 3.8) is 0 Å². The largest absolute Gasteiger partial charge is 0.462 e. The maximum absolute atomic E-state index is 12.9. The predicted octanol–water partition coefficient (Wildman–Crippen LogP) is 22.9. The molecule has 6 heteroatoms. The van der Waals surface area contributed by atoms with E-state index in [1.165, 1.54) is 225 Å². The maximum Gasteiger partial charge on any atom is 0.306 e. The molecule has 0 bridgehead atoms. The van der Waals surface area contributed by atoms with Crippen LogP contribution in [0.15, 0.2) is 48.6 Å². The summed E-state index contributed by atoms with van der Waals surface area (Å²) >= 11 is 0. The first-order chi connectivity index (χ1) is 37.5. The van der Waals surface area contributed by atoms with Crippen molar-refractivity contribution in [2.75, 3.05) is 13.2 Å². The van der Waals surface area contributed by atoms with Gasteiger partial charge < -0.3 is 14.2 Å². The van der Waals surface area contributed by atoms with Gasteiger partial charge in [0.2, 0.25) is 0 Å². The molecule has 0 aliphatic rings. The van der Waals surface area contributed by atoms with Gasteiger partial charge in [0, 0.05) is 19.3 Å². The van der Waals surface area contributed by atoms with Gasteiger partial charge in [0.05, 0.1) is 0 Å². The van der Waals surface area contributed by atoms with Crippen LogP contribution < -0.4 is 0 Å². The standard InChI is InChI=1S/C70H128O6/c1-4-7-10-13-16-19-22-25-28-30-32-33-34-35-36-37-39-40-42-45-48-51-54-57-60-63-69(72)75-66-67(65-74-68(71)62-59-56-53-50-47-44-27-24-21-18-15-12-9-6-3)76-70(73)64-61-58-55-52-49-46-43-41-38-31-29-26-23-20-17-14-11-8-5-2/h8,11,17,20,26,29,38,41,67H,4-7,9-10,12-16,18-19,21-25,27-28,30-37,39-40,42-66H2,1-3H3/b11-8-,20-17-,29-26-,41-38-. The van der Waals surface area contributed by atoms with Gasteiger partial charge in [-0.1, -0.05) is 333 Å². The zero-order chi connectivity index (χ0) is 55.0. The van der Waals surface area contributed by atoms with E-state index in [1.54, 1.807) is 0 Å². The van der Waals surface area contributed by atoms with Crippen LogP contribution >= 0.6 is 0 Å². The SMILES string of the molecule is CC/C=C\C/C=C\C/C=C\C/C=C\CCCCCCCCC(=O)OC(COC(=O)CCCCCCCCCCCCCCCC)COC(=O)CCCCCCCCCCCCCCCCCCCCCCCCCCC. The van der Waals surface area contributed by atoms with E-state index in [0.717, 1.165) is 96.3 Å². The zero-order valence-electron chi connectivity index (χ0n) is 51.0. The summed E-state index contributed by atoms with van der Waals surface area (Å²) < 4.78 is 17.0. The molecule has 0 rings (SSSR count). The first-order valence-electron chi connectivity index (χ1n) is 33.6. The van der Waals surface area contributed by atoms with Gasteiger partial charge >= 0.3 is 17.9 Å². The van der Waals surface area contributed by atoms with Crippen molar-refractivity contribution < 1.29 is 28.6 Å². The van der Waals surface area contributed by atoms with Gasteiger partial charge in [0.25, 0.3) is 0 Å². The fourth-order valence-corrected chi connectivity index (χ4v) is 10.1. The Labute approximate surface area is 473 Å². The molecule has 0 saturated heterocycles. The van der Waals surface area contributed by atoms with Crippen molar-refractivity contribution in [3.05, 3.63) is 48.6 Å². The Morgan fingerprint density at radius 1 is 0.276 bits per heavy atom. The van der Waals surface area contributed by atoms with Crippen molar-refractivity contribution >= 4 is 17.9 Å². The molecule has 444 valence electrons. The van der Waals surface area contributed by atoms with Crippen molar-refractivity contribution in [3.8, 4) is 0 Å². The Balaban J connectivity index is 4.27. The lowest BCUT2D eigenvalue weighted by Gasteiger charge is -2.18. The highest BCUT2D eigenvalue weighted by molar-refractivity contribution is 5.71. The van der Waals surface area contributed by atoms with Gasteiger partial charge in [-0.15, -0.1) is 0 Å². The van der Waals surface area contributed by atoms with Crippen molar-refractivity contribution in [2.24, 2.45) is 0 Å². The molecular weight excluding hydrogens is 937 g/mol. The molecule has 0 spiro atoms. The maximum atomic E-state index is 12.9. The lowest BCUT2D eigenvalue weighted by atomic mass is 10.0. The summed E-state index contributed by atoms with van der Waals surface area (Å²) in [4.78, 5) is 38.4. The predicted molar refractivity (Wildman–Crippen MR) is 330 cm³/mol. The van der Waals surface area contributed by atoms with Crippen LogP contribution in [0.5, 0.6) is 0 Å². The third kappa shape index (κ3) is 62.2. The highest BCUT2D eigenvalue weighted by Crippen LogP contribution is 2.18. The normalized spacial score (nSPS) is 12.3. The number of carbonyl (C=O) groups excluding carboxylic acids is 3. The Morgan fingerprint density at radius 2 is 0.513 bits per heavy atom. The number of hydrogen-bond donors (Lipinski definition) is 0. The molecule has 0 aromatic rings. The molecule has 0 heterocycles. The number of rotatable bonds is 62. The fraction of sp³-hybridized carbons (Fsp3) is 0.843. The third-order valence-corrected chi connectivity index (χ3v) is 15.1. The van der Waals surface area contributed by atoms with E-state index < -0.39 is 6.10 Å². The smallest absolute Gasteiger partial charge is 0.306 e. The summed E-state index contributed by atoms with van der Waals surface area (Å²) in [6.07, 6.45) is 81.3. The molecule has 0 aliphatic heterocycles. The number of carbonyl (C=O) groups is 3. The Morgan fingerprint density at radius 3 is 0.803 bits per heavy atom. The van der Waals surface area contributed by atoms with Gasteiger partial charge in [-0.25, -0.2) is 0 Å². The zero-order valence-corrected chi connectivity index (χ0v) is 51.0. The molecule has 0 saturated carbocycles. The topological polar surface area (TPSA) is 78.9 Å². The minimum atomic E-state index is -0.779. The monoisotopic (exact) mass is 1060 g/mol. The highest BCUT2D eigenvalue weighted by Gasteiger charge is 2.19. The van der Waals surface area contributed by atoms with Gasteiger partial charge in [-0.2, -0.15) is 0 Å². The average Bonchev–Trinajstić information content (AvgIpc) is 3.42. The molecule has 0 aromatic heterocycles. The first-order valence-corrected chi connectivity index (χ1v) is 33.6. The number of unbranched alkanes of at least 4 members (excludes halogenated alkanes) is 43. The molecule has 0 amide bonds. The number of allylic oxidation sites excluding steroid dienone is 8. The van der Waals surface area contributed by atoms with E-state index in [2.05, 4.69) is 69.4 Å². The number of hydrogen-bond acceptors (Lipinski definition) is 6. The van der Waals surface area contributed by atoms with Crippen LogP contribution in [0.3, 0.4) is 0 Å². The van der Waals surface area contributed by atoms with Gasteiger partial charge in [0.1, 0.15) is 13.2 Å². The van der Waals surface area contributed by atoms with Crippen LogP contribution in [0.4, 0.5) is 0 Å². The minimum Gasteiger partial charge on any atom is -0.462 e. The fourth-order valence-electron chi connectivity index (χ4n) is 10.1. The van der Waals surface area contributed by atoms with Crippen LogP contribution in [0.2, 0.25) is 0 Å². The van der Waals surface area contributed by atoms with Crippen molar-refractivity contribution in [1.29, 1.82) is 0 Å². The highest BCUT2D eigenvalue weighted by atomic mass is 16.6. The number of esters is 3. The molecule has 76 heavy (non-hydrogen) atoms. The van der Waals surface area contributed by atoms with Crippen LogP contribution in [0, 0.1) is 0 Å². The van der Waals surface area contributed by atoms with Crippen LogP contribution in [0.25, 0.3) is 0 Å². The minimum absolute atomic E-state index is 0.0740. The Kier molecular flexibility index (Phi) is 62.6. The first kappa shape index (κ1) is 73.4. The second-order valence-electron chi connectivity index (χ2n) is 22.7. The lowest BCUT2D eigenvalue weighted by molar-refractivity contribution is -0.167. The quantitative estimate of drug-likeness (QED) is 0.0261. The van der Waals surface area contributed by atoms with Crippen LogP contribution in [-0.2, 0) is 28.6 Å². The van der Waals surface area contributed by atoms with E-state index in [1.807, 2.05) is 0 Å². The number of ether oxygens (including phenoxy) is 3. The third-order valence-electron chi connectivity index (χ3n) is 15.1. The van der Waals surface area contributed by atoms with Gasteiger partial charge in [-0.3, -0.25) is 14.4 Å². The summed E-state index contributed by atoms with van der Waals surface area (Å²) in [5, 5.41) is 0. The molecule has 0 fully saturated rings. The molecule has 0 radical (unpaired) electrons. The van der Waals surface area contributed by atoms with Crippen LogP contribution in [0.1, 0.15) is 361 Å². The summed E-state index contributed by atoms with van der Waals surface area (Å²) in [5.41, 5.74) is 0. The van der Waals surface area contributed by atoms with Gasteiger partial charge in [0.15, 0.2) is 6.10 Å². The molecule has 6 nitrogen and oxygen atoms in total. The van der Waals surface area contributed by atoms with E-state index >= 15 is 0 Å². The Bertz CT molecular complexity index is 1310. The molecule has 1 unspecified atom stereocenters.